The van der Waals surface area contributed by atoms with E-state index in [9.17, 15) is 5.11 Å². The lowest BCUT2D eigenvalue weighted by Crippen LogP contribution is -2.57. The number of methoxy groups -OCH3 is 1. The molecule has 1 aromatic carbocycles. The molecule has 3 nitrogen and oxygen atoms in total. The second-order valence-corrected chi connectivity index (χ2v) is 8.21. The van der Waals surface area contributed by atoms with Gasteiger partial charge in [-0.15, -0.1) is 0 Å². The number of fused-ring (bicyclic) bond motifs is 2. The molecule has 5 rings (SSSR count). The lowest BCUT2D eigenvalue weighted by molar-refractivity contribution is -0.176. The van der Waals surface area contributed by atoms with Gasteiger partial charge < -0.3 is 15.2 Å². The minimum atomic E-state index is -0.298. The predicted octanol–water partition coefficient (Wildman–Crippen LogP) is 2.72. The van der Waals surface area contributed by atoms with Crippen LogP contribution in [-0.4, -0.2) is 23.9 Å². The largest absolute Gasteiger partial charge is 0.497 e. The minimum Gasteiger partial charge on any atom is -0.497 e. The third kappa shape index (κ3) is 1.54. The second kappa shape index (κ2) is 4.27. The summed E-state index contributed by atoms with van der Waals surface area (Å²) in [6, 6.07) is 8.97. The van der Waals surface area contributed by atoms with Gasteiger partial charge in [-0.2, -0.15) is 0 Å². The van der Waals surface area contributed by atoms with Crippen LogP contribution in [0.5, 0.6) is 5.75 Å². The fourth-order valence-electron chi connectivity index (χ4n) is 6.56. The molecule has 0 amide bonds. The molecule has 0 radical (unpaired) electrons. The number of aliphatic hydroxyl groups is 1. The Morgan fingerprint density at radius 1 is 1.14 bits per heavy atom. The standard InChI is InChI=1S/C19H25NO2/c1-22-16-4-2-12(3-5-16)11-20-17-13-6-15-10-19(21)9-14(17)8-18(15,19)7-13/h2-5,13-15,17,20-21H,6-11H2,1H3/t13-,14?,15?,17?,18?,19+/m1/s1. The van der Waals surface area contributed by atoms with E-state index in [-0.39, 0.29) is 5.60 Å². The first-order valence-electron chi connectivity index (χ1n) is 8.72. The van der Waals surface area contributed by atoms with Gasteiger partial charge in [0.05, 0.1) is 12.7 Å². The highest BCUT2D eigenvalue weighted by Gasteiger charge is 2.75. The van der Waals surface area contributed by atoms with E-state index in [4.69, 9.17) is 4.74 Å². The first-order chi connectivity index (χ1) is 10.6. The van der Waals surface area contributed by atoms with Gasteiger partial charge in [0, 0.05) is 18.0 Å². The molecule has 0 aliphatic heterocycles. The lowest BCUT2D eigenvalue weighted by atomic mass is 9.53. The van der Waals surface area contributed by atoms with Gasteiger partial charge in [-0.1, -0.05) is 12.1 Å². The van der Waals surface area contributed by atoms with Crippen LogP contribution in [0.1, 0.15) is 37.7 Å². The topological polar surface area (TPSA) is 41.5 Å². The van der Waals surface area contributed by atoms with Crippen molar-refractivity contribution in [2.75, 3.05) is 7.11 Å². The zero-order valence-corrected chi connectivity index (χ0v) is 13.2. The van der Waals surface area contributed by atoms with Crippen LogP contribution < -0.4 is 10.1 Å². The number of rotatable bonds is 4. The van der Waals surface area contributed by atoms with Crippen molar-refractivity contribution in [3.63, 3.8) is 0 Å². The van der Waals surface area contributed by atoms with Gasteiger partial charge >= 0.3 is 0 Å². The van der Waals surface area contributed by atoms with Crippen molar-refractivity contribution >= 4 is 0 Å². The van der Waals surface area contributed by atoms with Gasteiger partial charge in [-0.25, -0.2) is 0 Å². The summed E-state index contributed by atoms with van der Waals surface area (Å²) in [4.78, 5) is 0. The summed E-state index contributed by atoms with van der Waals surface area (Å²) >= 11 is 0. The van der Waals surface area contributed by atoms with Gasteiger partial charge in [-0.3, -0.25) is 0 Å². The summed E-state index contributed by atoms with van der Waals surface area (Å²) in [5.74, 6) is 3.22. The molecule has 0 saturated heterocycles. The maximum Gasteiger partial charge on any atom is 0.118 e. The molecule has 4 unspecified atom stereocenters. The van der Waals surface area contributed by atoms with Crippen molar-refractivity contribution in [1.82, 2.24) is 5.32 Å². The van der Waals surface area contributed by atoms with E-state index in [2.05, 4.69) is 17.4 Å². The number of hydrogen-bond acceptors (Lipinski definition) is 3. The van der Waals surface area contributed by atoms with E-state index < -0.39 is 0 Å². The van der Waals surface area contributed by atoms with Crippen LogP contribution >= 0.6 is 0 Å². The van der Waals surface area contributed by atoms with E-state index in [1.54, 1.807) is 7.11 Å². The molecule has 4 aliphatic rings. The maximum absolute atomic E-state index is 10.9. The van der Waals surface area contributed by atoms with E-state index in [0.717, 1.165) is 37.0 Å². The summed E-state index contributed by atoms with van der Waals surface area (Å²) in [5.41, 5.74) is 1.35. The average Bonchev–Trinajstić information content (AvgIpc) is 2.88. The molecule has 4 fully saturated rings. The second-order valence-electron chi connectivity index (χ2n) is 8.21. The molecular formula is C19H25NO2. The molecule has 3 heteroatoms. The summed E-state index contributed by atoms with van der Waals surface area (Å²) in [7, 11) is 1.71. The maximum atomic E-state index is 10.9. The van der Waals surface area contributed by atoms with E-state index in [0.29, 0.717) is 17.4 Å². The van der Waals surface area contributed by atoms with Crippen LogP contribution in [0.15, 0.2) is 24.3 Å². The SMILES string of the molecule is COc1ccc(CNC2C3CC45C[C@H]2CC4C[C@@]5(O)C3)cc1. The van der Waals surface area contributed by atoms with Crippen LogP contribution in [0, 0.1) is 23.2 Å². The van der Waals surface area contributed by atoms with Crippen molar-refractivity contribution in [2.24, 2.45) is 23.2 Å². The van der Waals surface area contributed by atoms with E-state index in [1.165, 1.54) is 24.8 Å². The van der Waals surface area contributed by atoms with Crippen molar-refractivity contribution in [3.05, 3.63) is 29.8 Å². The number of benzene rings is 1. The Morgan fingerprint density at radius 3 is 2.68 bits per heavy atom. The summed E-state index contributed by atoms with van der Waals surface area (Å²) in [5, 5.41) is 14.8. The quantitative estimate of drug-likeness (QED) is 0.898. The van der Waals surface area contributed by atoms with E-state index in [1.807, 2.05) is 12.1 Å². The first kappa shape index (κ1) is 13.4. The van der Waals surface area contributed by atoms with Crippen molar-refractivity contribution in [2.45, 2.75) is 50.3 Å². The molecule has 0 heterocycles. The Labute approximate surface area is 132 Å². The Kier molecular flexibility index (Phi) is 2.60. The highest BCUT2D eigenvalue weighted by molar-refractivity contribution is 5.29. The number of ether oxygens (including phenoxy) is 1. The van der Waals surface area contributed by atoms with Gasteiger partial charge in [0.2, 0.25) is 0 Å². The van der Waals surface area contributed by atoms with Crippen LogP contribution in [0.25, 0.3) is 0 Å². The van der Waals surface area contributed by atoms with Gasteiger partial charge in [0.25, 0.3) is 0 Å². The minimum absolute atomic E-state index is 0.298. The molecule has 2 N–H and O–H groups in total. The van der Waals surface area contributed by atoms with Gasteiger partial charge in [-0.05, 0) is 67.6 Å². The molecule has 3 bridgehead atoms. The lowest BCUT2D eigenvalue weighted by Gasteiger charge is -2.55. The highest BCUT2D eigenvalue weighted by Crippen LogP contribution is 2.77. The van der Waals surface area contributed by atoms with Crippen LogP contribution in [-0.2, 0) is 6.54 Å². The Balaban J connectivity index is 1.31. The molecule has 6 atom stereocenters. The first-order valence-corrected chi connectivity index (χ1v) is 8.72. The van der Waals surface area contributed by atoms with Crippen LogP contribution in [0.2, 0.25) is 0 Å². The fraction of sp³-hybridized carbons (Fsp3) is 0.684. The van der Waals surface area contributed by atoms with Crippen molar-refractivity contribution in [1.29, 1.82) is 0 Å². The van der Waals surface area contributed by atoms with Crippen LogP contribution in [0.4, 0.5) is 0 Å². The Hall–Kier alpha value is -1.06. The van der Waals surface area contributed by atoms with Crippen LogP contribution in [0.3, 0.4) is 0 Å². The average molecular weight is 299 g/mol. The number of nitrogens with one attached hydrogen (secondary N) is 1. The van der Waals surface area contributed by atoms with Crippen molar-refractivity contribution in [3.8, 4) is 5.75 Å². The number of hydrogen-bond donors (Lipinski definition) is 2. The predicted molar refractivity (Wildman–Crippen MR) is 84.6 cm³/mol. The summed E-state index contributed by atoms with van der Waals surface area (Å²) < 4.78 is 5.22. The monoisotopic (exact) mass is 299 g/mol. The molecule has 0 aromatic heterocycles. The van der Waals surface area contributed by atoms with Gasteiger partial charge in [0.1, 0.15) is 5.75 Å². The zero-order chi connectivity index (χ0) is 14.9. The molecule has 4 aliphatic carbocycles. The third-order valence-corrected chi connectivity index (χ3v) is 7.45. The smallest absolute Gasteiger partial charge is 0.118 e. The Bertz CT molecular complexity index is 596. The summed E-state index contributed by atoms with van der Waals surface area (Å²) in [6.07, 6.45) is 6.01. The summed E-state index contributed by atoms with van der Waals surface area (Å²) in [6.45, 7) is 0.928. The Morgan fingerprint density at radius 2 is 1.91 bits per heavy atom. The van der Waals surface area contributed by atoms with E-state index >= 15 is 0 Å². The van der Waals surface area contributed by atoms with Gasteiger partial charge in [0.15, 0.2) is 0 Å². The third-order valence-electron chi connectivity index (χ3n) is 7.45. The zero-order valence-electron chi connectivity index (χ0n) is 13.2. The molecule has 4 saturated carbocycles. The fourth-order valence-corrected chi connectivity index (χ4v) is 6.56. The molecule has 22 heavy (non-hydrogen) atoms. The highest BCUT2D eigenvalue weighted by atomic mass is 16.5. The normalized spacial score (nSPS) is 47.4. The van der Waals surface area contributed by atoms with Crippen molar-refractivity contribution < 1.29 is 9.84 Å². The molecule has 1 spiro atoms. The molecular weight excluding hydrogens is 274 g/mol. The molecule has 1 aromatic rings. The molecule has 118 valence electrons.